The molecule has 0 aromatic carbocycles. The standard InChI is InChI=1S/C56H106N2O5/c1-5-9-13-15-19-25-34-52(35-26-20-16-14-10-6-2)63-54(60)37-28-22-18-24-30-47-58(48-31-45-57-55(61)56-42-38-51(39-43-56)40-44-56)46-29-23-17-21-27-36-53(59)62-49-41-50(32-11-7-3)33-12-8-4/h50-52H,5-49H2,1-4H3,(H,57,61). The summed E-state index contributed by atoms with van der Waals surface area (Å²) >= 11 is 0. The topological polar surface area (TPSA) is 84.9 Å². The van der Waals surface area contributed by atoms with Gasteiger partial charge in [-0.1, -0.05) is 169 Å². The maximum absolute atomic E-state index is 13.3. The van der Waals surface area contributed by atoms with Crippen molar-refractivity contribution in [2.24, 2.45) is 17.3 Å². The van der Waals surface area contributed by atoms with E-state index >= 15 is 0 Å². The smallest absolute Gasteiger partial charge is 0.306 e. The van der Waals surface area contributed by atoms with E-state index in [1.165, 1.54) is 167 Å². The molecule has 7 heteroatoms. The van der Waals surface area contributed by atoms with E-state index < -0.39 is 0 Å². The van der Waals surface area contributed by atoms with Crippen molar-refractivity contribution in [2.75, 3.05) is 32.8 Å². The predicted octanol–water partition coefficient (Wildman–Crippen LogP) is 15.8. The summed E-state index contributed by atoms with van der Waals surface area (Å²) in [5, 5.41) is 3.37. The van der Waals surface area contributed by atoms with Crippen molar-refractivity contribution in [1.29, 1.82) is 0 Å². The lowest BCUT2D eigenvalue weighted by Gasteiger charge is -2.45. The molecule has 3 fully saturated rings. The van der Waals surface area contributed by atoms with Crippen molar-refractivity contribution in [3.8, 4) is 0 Å². The summed E-state index contributed by atoms with van der Waals surface area (Å²) in [5.41, 5.74) is -0.0731. The Balaban J connectivity index is 1.68. The first kappa shape index (κ1) is 57.5. The maximum atomic E-state index is 13.3. The van der Waals surface area contributed by atoms with Gasteiger partial charge in [0.1, 0.15) is 6.10 Å². The van der Waals surface area contributed by atoms with Gasteiger partial charge < -0.3 is 19.7 Å². The minimum atomic E-state index is -0.0731. The van der Waals surface area contributed by atoms with Gasteiger partial charge in [-0.3, -0.25) is 14.4 Å². The molecule has 0 heterocycles. The van der Waals surface area contributed by atoms with Gasteiger partial charge in [0.25, 0.3) is 0 Å². The average molecular weight is 887 g/mol. The highest BCUT2D eigenvalue weighted by molar-refractivity contribution is 5.82. The van der Waals surface area contributed by atoms with Gasteiger partial charge in [0.2, 0.25) is 5.91 Å². The molecule has 0 unspecified atom stereocenters. The molecule has 0 saturated heterocycles. The molecular weight excluding hydrogens is 781 g/mol. The molecule has 63 heavy (non-hydrogen) atoms. The number of nitrogens with one attached hydrogen (secondary N) is 1. The molecule has 3 aliphatic carbocycles. The molecule has 3 rings (SSSR count). The summed E-state index contributed by atoms with van der Waals surface area (Å²) in [6.45, 7) is 13.7. The molecule has 0 atom stereocenters. The van der Waals surface area contributed by atoms with Crippen molar-refractivity contribution in [2.45, 2.75) is 291 Å². The molecule has 370 valence electrons. The van der Waals surface area contributed by atoms with E-state index in [2.05, 4.69) is 37.9 Å². The predicted molar refractivity (Wildman–Crippen MR) is 267 cm³/mol. The fourth-order valence-corrected chi connectivity index (χ4v) is 10.5. The van der Waals surface area contributed by atoms with Gasteiger partial charge in [-0.05, 0) is 134 Å². The molecule has 3 aliphatic rings. The highest BCUT2D eigenvalue weighted by atomic mass is 16.5. The van der Waals surface area contributed by atoms with Crippen molar-refractivity contribution in [3.05, 3.63) is 0 Å². The zero-order valence-corrected chi connectivity index (χ0v) is 42.5. The van der Waals surface area contributed by atoms with Crippen LogP contribution in [0.2, 0.25) is 0 Å². The molecule has 0 spiro atoms. The quantitative estimate of drug-likeness (QED) is 0.0484. The molecule has 3 saturated carbocycles. The van der Waals surface area contributed by atoms with E-state index in [0.29, 0.717) is 31.3 Å². The number of hydrogen-bond acceptors (Lipinski definition) is 6. The number of fused-ring (bicyclic) bond motifs is 3. The fraction of sp³-hybridized carbons (Fsp3) is 0.946. The van der Waals surface area contributed by atoms with E-state index in [9.17, 15) is 14.4 Å². The molecular formula is C56H106N2O5. The first-order valence-corrected chi connectivity index (χ1v) is 28.2. The van der Waals surface area contributed by atoms with Gasteiger partial charge in [0.05, 0.1) is 6.61 Å². The highest BCUT2D eigenvalue weighted by Crippen LogP contribution is 2.50. The number of esters is 2. The van der Waals surface area contributed by atoms with Crippen LogP contribution in [0.15, 0.2) is 0 Å². The summed E-state index contributed by atoms with van der Waals surface area (Å²) in [6.07, 6.45) is 46.4. The van der Waals surface area contributed by atoms with Gasteiger partial charge >= 0.3 is 11.9 Å². The number of ether oxygens (including phenoxy) is 2. The lowest BCUT2D eigenvalue weighted by Crippen LogP contribution is -2.47. The number of nitrogens with zero attached hydrogens (tertiary/aromatic N) is 1. The van der Waals surface area contributed by atoms with Crippen LogP contribution in [0, 0.1) is 17.3 Å². The van der Waals surface area contributed by atoms with E-state index in [4.69, 9.17) is 9.47 Å². The third kappa shape index (κ3) is 29.6. The monoisotopic (exact) mass is 887 g/mol. The van der Waals surface area contributed by atoms with Crippen LogP contribution in [-0.4, -0.2) is 61.6 Å². The number of amides is 1. The summed E-state index contributed by atoms with van der Waals surface area (Å²) in [4.78, 5) is 41.3. The average Bonchev–Trinajstić information content (AvgIpc) is 3.30. The Labute approximate surface area is 391 Å². The van der Waals surface area contributed by atoms with Crippen LogP contribution in [-0.2, 0) is 23.9 Å². The SMILES string of the molecule is CCCCCCCCC(CCCCCCCC)OC(=O)CCCCCCCN(CCCCCCCC(=O)OCCC(CCCC)CCCC)CCCNC(=O)C12CCC(CC1)CC2. The Hall–Kier alpha value is -1.63. The Morgan fingerprint density at radius 1 is 0.508 bits per heavy atom. The molecule has 0 aromatic heterocycles. The minimum absolute atomic E-state index is 0.0139. The lowest BCUT2D eigenvalue weighted by atomic mass is 9.60. The van der Waals surface area contributed by atoms with Gasteiger partial charge in [0, 0.05) is 24.8 Å². The van der Waals surface area contributed by atoms with Crippen LogP contribution in [0.25, 0.3) is 0 Å². The third-order valence-electron chi connectivity index (χ3n) is 15.0. The van der Waals surface area contributed by atoms with E-state index in [1.807, 2.05) is 0 Å². The summed E-state index contributed by atoms with van der Waals surface area (Å²) in [6, 6.07) is 0. The highest BCUT2D eigenvalue weighted by Gasteiger charge is 2.45. The van der Waals surface area contributed by atoms with Crippen LogP contribution >= 0.6 is 0 Å². The Morgan fingerprint density at radius 3 is 1.48 bits per heavy atom. The Kier molecular flexibility index (Phi) is 36.1. The van der Waals surface area contributed by atoms with Crippen molar-refractivity contribution in [1.82, 2.24) is 10.2 Å². The van der Waals surface area contributed by atoms with Crippen molar-refractivity contribution >= 4 is 17.8 Å². The first-order chi connectivity index (χ1) is 30.9. The van der Waals surface area contributed by atoms with E-state index in [1.54, 1.807) is 0 Å². The molecule has 7 nitrogen and oxygen atoms in total. The zero-order valence-electron chi connectivity index (χ0n) is 42.5. The van der Waals surface area contributed by atoms with Gasteiger partial charge in [-0.2, -0.15) is 0 Å². The molecule has 0 radical (unpaired) electrons. The van der Waals surface area contributed by atoms with Crippen LogP contribution in [0.3, 0.4) is 0 Å². The molecule has 1 N–H and O–H groups in total. The van der Waals surface area contributed by atoms with Crippen molar-refractivity contribution < 1.29 is 23.9 Å². The molecule has 0 aromatic rings. The largest absolute Gasteiger partial charge is 0.466 e. The number of rotatable bonds is 45. The van der Waals surface area contributed by atoms with Crippen LogP contribution in [0.4, 0.5) is 0 Å². The second-order valence-electron chi connectivity index (χ2n) is 20.6. The van der Waals surface area contributed by atoms with E-state index in [0.717, 1.165) is 109 Å². The van der Waals surface area contributed by atoms with Crippen LogP contribution in [0.1, 0.15) is 285 Å². The Morgan fingerprint density at radius 2 is 0.952 bits per heavy atom. The molecule has 0 aliphatic heterocycles. The first-order valence-electron chi connectivity index (χ1n) is 28.2. The maximum Gasteiger partial charge on any atom is 0.306 e. The molecule has 1 amide bonds. The van der Waals surface area contributed by atoms with Crippen LogP contribution in [0.5, 0.6) is 0 Å². The summed E-state index contributed by atoms with van der Waals surface area (Å²) in [5.74, 6) is 1.91. The zero-order chi connectivity index (χ0) is 45.5. The molecule has 2 bridgehead atoms. The summed E-state index contributed by atoms with van der Waals surface area (Å²) in [7, 11) is 0. The fourth-order valence-electron chi connectivity index (χ4n) is 10.5. The number of carbonyl (C=O) groups is 3. The number of carbonyl (C=O) groups excluding carboxylic acids is 3. The number of unbranched alkanes of at least 4 members (excludes halogenated alkanes) is 20. The normalized spacial score (nSPS) is 17.3. The Bertz CT molecular complexity index is 1050. The minimum Gasteiger partial charge on any atom is -0.466 e. The second-order valence-corrected chi connectivity index (χ2v) is 20.6. The van der Waals surface area contributed by atoms with Gasteiger partial charge in [-0.25, -0.2) is 0 Å². The van der Waals surface area contributed by atoms with Crippen molar-refractivity contribution in [3.63, 3.8) is 0 Å². The van der Waals surface area contributed by atoms with Gasteiger partial charge in [0.15, 0.2) is 0 Å². The van der Waals surface area contributed by atoms with Crippen LogP contribution < -0.4 is 5.32 Å². The van der Waals surface area contributed by atoms with Gasteiger partial charge in [-0.15, -0.1) is 0 Å². The second kappa shape index (κ2) is 39.5. The van der Waals surface area contributed by atoms with E-state index in [-0.39, 0.29) is 23.5 Å². The third-order valence-corrected chi connectivity index (χ3v) is 15.0. The number of hydrogen-bond donors (Lipinski definition) is 1. The lowest BCUT2D eigenvalue weighted by molar-refractivity contribution is -0.150. The summed E-state index contributed by atoms with van der Waals surface area (Å²) < 4.78 is 11.8.